The number of nitrogens with one attached hydrogen (secondary N) is 1. The molecular formula is C8H17NO. The van der Waals surface area contributed by atoms with Crippen LogP contribution in [0.25, 0.3) is 0 Å². The van der Waals surface area contributed by atoms with Gasteiger partial charge in [-0.15, -0.1) is 0 Å². The largest absolute Gasteiger partial charge is 0.414 e. The first-order valence-corrected chi connectivity index (χ1v) is 3.83. The third-order valence-corrected chi connectivity index (χ3v) is 1.27. The molecule has 0 unspecified atom stereocenters. The highest BCUT2D eigenvalue weighted by Crippen LogP contribution is 1.90. The van der Waals surface area contributed by atoms with E-state index in [-0.39, 0.29) is 0 Å². The summed E-state index contributed by atoms with van der Waals surface area (Å²) in [5.41, 5.74) is 2.87. The Labute approximate surface area is 63.2 Å². The fraction of sp³-hybridized carbons (Fsp3) is 0.750. The van der Waals surface area contributed by atoms with Gasteiger partial charge >= 0.3 is 0 Å². The molecule has 0 aliphatic rings. The number of hydrogen-bond acceptors (Lipinski definition) is 2. The van der Waals surface area contributed by atoms with Crippen molar-refractivity contribution >= 4 is 0 Å². The van der Waals surface area contributed by atoms with E-state index in [0.717, 1.165) is 18.7 Å². The van der Waals surface area contributed by atoms with Crippen LogP contribution in [0.3, 0.4) is 0 Å². The Hall–Kier alpha value is -0.500. The number of allylic oxidation sites excluding steroid dienone is 2. The first-order valence-electron chi connectivity index (χ1n) is 3.83. The van der Waals surface area contributed by atoms with E-state index in [9.17, 15) is 0 Å². The maximum Gasteiger partial charge on any atom is 0.116 e. The Morgan fingerprint density at radius 1 is 1.60 bits per heavy atom. The summed E-state index contributed by atoms with van der Waals surface area (Å²) in [6, 6.07) is 0. The molecule has 0 aromatic carbocycles. The standard InChI is InChI=1S/C8H17NO/c1-4-6-7-9-10-8(3)5-2/h5,9H,4,6-7H2,1-3H3. The van der Waals surface area contributed by atoms with Crippen LogP contribution in [-0.2, 0) is 4.84 Å². The van der Waals surface area contributed by atoms with Crippen LogP contribution < -0.4 is 5.48 Å². The second-order valence-electron chi connectivity index (χ2n) is 2.25. The van der Waals surface area contributed by atoms with Crippen LogP contribution in [-0.4, -0.2) is 6.54 Å². The van der Waals surface area contributed by atoms with Crippen molar-refractivity contribution in [3.63, 3.8) is 0 Å². The Kier molecular flexibility index (Phi) is 6.29. The Balaban J connectivity index is 3.04. The molecule has 0 bridgehead atoms. The number of unbranched alkanes of at least 4 members (excludes halogenated alkanes) is 1. The fourth-order valence-electron chi connectivity index (χ4n) is 0.473. The molecule has 0 aliphatic carbocycles. The minimum absolute atomic E-state index is 0.927. The van der Waals surface area contributed by atoms with Gasteiger partial charge in [0.15, 0.2) is 0 Å². The Morgan fingerprint density at radius 2 is 2.30 bits per heavy atom. The van der Waals surface area contributed by atoms with Gasteiger partial charge in [0.2, 0.25) is 0 Å². The van der Waals surface area contributed by atoms with Gasteiger partial charge in [0.25, 0.3) is 0 Å². The number of hydrogen-bond donors (Lipinski definition) is 1. The molecule has 1 N–H and O–H groups in total. The van der Waals surface area contributed by atoms with Gasteiger partial charge in [0.05, 0.1) is 0 Å². The molecule has 0 aromatic heterocycles. The van der Waals surface area contributed by atoms with E-state index in [2.05, 4.69) is 12.4 Å². The highest BCUT2D eigenvalue weighted by Gasteiger charge is 1.85. The summed E-state index contributed by atoms with van der Waals surface area (Å²) in [5.74, 6) is 0.927. The van der Waals surface area contributed by atoms with E-state index in [1.165, 1.54) is 6.42 Å². The summed E-state index contributed by atoms with van der Waals surface area (Å²) < 4.78 is 0. The first kappa shape index (κ1) is 9.50. The summed E-state index contributed by atoms with van der Waals surface area (Å²) in [5, 5.41) is 0. The summed E-state index contributed by atoms with van der Waals surface area (Å²) in [6.45, 7) is 6.97. The molecule has 0 heterocycles. The minimum atomic E-state index is 0.927. The summed E-state index contributed by atoms with van der Waals surface area (Å²) >= 11 is 0. The van der Waals surface area contributed by atoms with Gasteiger partial charge in [0.1, 0.15) is 5.76 Å². The average Bonchev–Trinajstić information content (AvgIpc) is 1.98. The van der Waals surface area contributed by atoms with Crippen molar-refractivity contribution in [1.82, 2.24) is 5.48 Å². The lowest BCUT2D eigenvalue weighted by atomic mass is 10.3. The predicted octanol–water partition coefficient (Wildman–Crippen LogP) is 2.23. The van der Waals surface area contributed by atoms with Gasteiger partial charge in [-0.2, -0.15) is 5.48 Å². The van der Waals surface area contributed by atoms with Crippen LogP contribution in [0.15, 0.2) is 11.8 Å². The summed E-state index contributed by atoms with van der Waals surface area (Å²) in [7, 11) is 0. The summed E-state index contributed by atoms with van der Waals surface area (Å²) in [6.07, 6.45) is 4.29. The van der Waals surface area contributed by atoms with Crippen molar-refractivity contribution in [1.29, 1.82) is 0 Å². The monoisotopic (exact) mass is 143 g/mol. The van der Waals surface area contributed by atoms with Crippen LogP contribution >= 0.6 is 0 Å². The van der Waals surface area contributed by atoms with Crippen molar-refractivity contribution in [2.45, 2.75) is 33.6 Å². The van der Waals surface area contributed by atoms with E-state index >= 15 is 0 Å². The van der Waals surface area contributed by atoms with E-state index in [1.54, 1.807) is 0 Å². The van der Waals surface area contributed by atoms with Gasteiger partial charge in [-0.25, -0.2) is 0 Å². The van der Waals surface area contributed by atoms with Gasteiger partial charge in [-0.05, 0) is 26.3 Å². The van der Waals surface area contributed by atoms with Crippen molar-refractivity contribution in [2.24, 2.45) is 0 Å². The molecule has 0 saturated carbocycles. The average molecular weight is 143 g/mol. The van der Waals surface area contributed by atoms with E-state index in [4.69, 9.17) is 4.84 Å². The minimum Gasteiger partial charge on any atom is -0.414 e. The second-order valence-corrected chi connectivity index (χ2v) is 2.25. The molecule has 0 radical (unpaired) electrons. The Bertz CT molecular complexity index is 99.4. The molecule has 0 aromatic rings. The number of rotatable bonds is 5. The third kappa shape index (κ3) is 5.63. The molecule has 60 valence electrons. The van der Waals surface area contributed by atoms with E-state index < -0.39 is 0 Å². The van der Waals surface area contributed by atoms with Crippen LogP contribution in [0.2, 0.25) is 0 Å². The second kappa shape index (κ2) is 6.62. The lowest BCUT2D eigenvalue weighted by molar-refractivity contribution is 0.105. The van der Waals surface area contributed by atoms with Crippen molar-refractivity contribution in [2.75, 3.05) is 6.54 Å². The molecule has 0 aliphatic heterocycles. The third-order valence-electron chi connectivity index (χ3n) is 1.27. The van der Waals surface area contributed by atoms with Gasteiger partial charge in [-0.3, -0.25) is 0 Å². The SMILES string of the molecule is CC=C(C)ONCCCC. The van der Waals surface area contributed by atoms with Crippen LogP contribution in [0.5, 0.6) is 0 Å². The molecule has 0 rings (SSSR count). The van der Waals surface area contributed by atoms with Crippen molar-refractivity contribution in [3.8, 4) is 0 Å². The fourth-order valence-corrected chi connectivity index (χ4v) is 0.473. The normalized spacial score (nSPS) is 11.7. The molecule has 0 saturated heterocycles. The molecule has 2 nitrogen and oxygen atoms in total. The highest BCUT2D eigenvalue weighted by atomic mass is 16.6. The zero-order valence-corrected chi connectivity index (χ0v) is 7.11. The van der Waals surface area contributed by atoms with Crippen molar-refractivity contribution in [3.05, 3.63) is 11.8 Å². The van der Waals surface area contributed by atoms with Crippen LogP contribution in [0.1, 0.15) is 33.6 Å². The van der Waals surface area contributed by atoms with Crippen molar-refractivity contribution < 1.29 is 4.84 Å². The molecule has 0 fully saturated rings. The van der Waals surface area contributed by atoms with Gasteiger partial charge in [0, 0.05) is 6.54 Å². The molecule has 0 amide bonds. The molecule has 0 spiro atoms. The van der Waals surface area contributed by atoms with Gasteiger partial charge in [-0.1, -0.05) is 13.3 Å². The van der Waals surface area contributed by atoms with E-state index in [1.807, 2.05) is 19.9 Å². The molecule has 0 atom stereocenters. The lowest BCUT2D eigenvalue weighted by Gasteiger charge is -2.04. The first-order chi connectivity index (χ1) is 4.81. The highest BCUT2D eigenvalue weighted by molar-refractivity contribution is 4.82. The van der Waals surface area contributed by atoms with Crippen LogP contribution in [0, 0.1) is 0 Å². The molecule has 10 heavy (non-hydrogen) atoms. The van der Waals surface area contributed by atoms with E-state index in [0.29, 0.717) is 0 Å². The zero-order valence-electron chi connectivity index (χ0n) is 7.11. The maximum absolute atomic E-state index is 5.10. The van der Waals surface area contributed by atoms with Gasteiger partial charge < -0.3 is 4.84 Å². The smallest absolute Gasteiger partial charge is 0.116 e. The Morgan fingerprint density at radius 3 is 2.80 bits per heavy atom. The summed E-state index contributed by atoms with van der Waals surface area (Å²) in [4.78, 5) is 5.10. The lowest BCUT2D eigenvalue weighted by Crippen LogP contribution is -2.14. The molecule has 2 heteroatoms. The molecular weight excluding hydrogens is 126 g/mol. The quantitative estimate of drug-likeness (QED) is 0.362. The number of hydroxylamine groups is 1. The maximum atomic E-state index is 5.10. The van der Waals surface area contributed by atoms with Crippen LogP contribution in [0.4, 0.5) is 0 Å². The topological polar surface area (TPSA) is 21.3 Å². The zero-order chi connectivity index (χ0) is 7.82. The predicted molar refractivity (Wildman–Crippen MR) is 43.4 cm³/mol.